The first-order valence-corrected chi connectivity index (χ1v) is 6.38. The van der Waals surface area contributed by atoms with Gasteiger partial charge in [0.05, 0.1) is 0 Å². The van der Waals surface area contributed by atoms with Crippen LogP contribution in [0.2, 0.25) is 0 Å². The maximum Gasteiger partial charge on any atom is 0.180 e. The van der Waals surface area contributed by atoms with E-state index in [4.69, 9.17) is 45.0 Å². The summed E-state index contributed by atoms with van der Waals surface area (Å²) in [5.41, 5.74) is 0. The standard InChI is InChI=1S/C2H6OS.C2H6O.CHCl3.CH4O/c1-4(2)3;1-2-3;2-1(3)4;1-2/h1-2H3;3H,2H2,1H3;1H;2H,1H3. The van der Waals surface area contributed by atoms with Crippen LogP contribution in [-0.2, 0) is 10.8 Å². The molecule has 0 radical (unpaired) electrons. The SMILES string of the molecule is CCO.CO.CS(C)=O.ClC(Cl)Cl. The molecular weight excluding hydrogens is 258 g/mol. The summed E-state index contributed by atoms with van der Waals surface area (Å²) in [6.07, 6.45) is 3.28. The Morgan fingerprint density at radius 3 is 1.23 bits per heavy atom. The van der Waals surface area contributed by atoms with Gasteiger partial charge >= 0.3 is 0 Å². The Labute approximate surface area is 97.5 Å². The van der Waals surface area contributed by atoms with Crippen molar-refractivity contribution >= 4 is 45.6 Å². The molecule has 0 fully saturated rings. The molecule has 0 aliphatic heterocycles. The van der Waals surface area contributed by atoms with E-state index in [2.05, 4.69) is 0 Å². The maximum absolute atomic E-state index is 9.56. The molecule has 0 aromatic rings. The zero-order valence-corrected chi connectivity index (χ0v) is 11.2. The molecule has 0 aromatic carbocycles. The van der Waals surface area contributed by atoms with Gasteiger partial charge in [0.25, 0.3) is 0 Å². The predicted molar refractivity (Wildman–Crippen MR) is 62.2 cm³/mol. The summed E-state index contributed by atoms with van der Waals surface area (Å²) < 4.78 is 8.81. The molecule has 7 heteroatoms. The smallest absolute Gasteiger partial charge is 0.180 e. The highest BCUT2D eigenvalue weighted by atomic mass is 35.6. The molecule has 0 unspecified atom stereocenters. The largest absolute Gasteiger partial charge is 0.400 e. The minimum absolute atomic E-state index is 0.250. The van der Waals surface area contributed by atoms with Crippen LogP contribution < -0.4 is 0 Å². The van der Waals surface area contributed by atoms with E-state index in [-0.39, 0.29) is 6.61 Å². The fourth-order valence-corrected chi connectivity index (χ4v) is 0. The predicted octanol–water partition coefficient (Wildman–Crippen LogP) is 1.59. The Balaban J connectivity index is -0.0000000431. The summed E-state index contributed by atoms with van der Waals surface area (Å²) in [4.78, 5) is 0. The Morgan fingerprint density at radius 2 is 1.23 bits per heavy atom. The number of aliphatic hydroxyl groups is 2. The number of rotatable bonds is 0. The first-order chi connectivity index (χ1) is 5.88. The zero-order chi connectivity index (χ0) is 11.9. The summed E-state index contributed by atoms with van der Waals surface area (Å²) in [6.45, 7) is 1.93. The summed E-state index contributed by atoms with van der Waals surface area (Å²) in [6, 6.07) is 0. The van der Waals surface area contributed by atoms with Crippen LogP contribution in [0.3, 0.4) is 0 Å². The quantitative estimate of drug-likeness (QED) is 0.660. The van der Waals surface area contributed by atoms with Crippen LogP contribution in [0.25, 0.3) is 0 Å². The van der Waals surface area contributed by atoms with Crippen LogP contribution in [0.15, 0.2) is 0 Å². The highest BCUT2D eigenvalue weighted by Gasteiger charge is 1.78. The van der Waals surface area contributed by atoms with Crippen molar-refractivity contribution in [2.45, 2.75) is 11.2 Å². The van der Waals surface area contributed by atoms with Gasteiger partial charge in [-0.15, -0.1) is 0 Å². The molecule has 0 atom stereocenters. The van der Waals surface area contributed by atoms with E-state index in [0.29, 0.717) is 0 Å². The molecule has 0 saturated carbocycles. The van der Waals surface area contributed by atoms with E-state index < -0.39 is 15.1 Å². The molecule has 2 N–H and O–H groups in total. The molecule has 0 bridgehead atoms. The second-order valence-corrected chi connectivity index (χ2v) is 4.77. The molecule has 13 heavy (non-hydrogen) atoms. The number of hydrogen-bond acceptors (Lipinski definition) is 3. The van der Waals surface area contributed by atoms with Crippen LogP contribution in [0.4, 0.5) is 0 Å². The minimum Gasteiger partial charge on any atom is -0.400 e. The summed E-state index contributed by atoms with van der Waals surface area (Å²) in [5.74, 6) is 0. The van der Waals surface area contributed by atoms with E-state index in [1.165, 1.54) is 0 Å². The summed E-state index contributed by atoms with van der Waals surface area (Å²) in [7, 11) is 0.389. The lowest BCUT2D eigenvalue weighted by Gasteiger charge is -1.69. The molecule has 0 aliphatic carbocycles. The molecule has 0 saturated heterocycles. The Hall–Kier alpha value is 0.940. The molecule has 0 spiro atoms. The van der Waals surface area contributed by atoms with Gasteiger partial charge in [-0.05, 0) is 6.92 Å². The first kappa shape index (κ1) is 23.6. The van der Waals surface area contributed by atoms with Crippen molar-refractivity contribution in [2.75, 3.05) is 26.2 Å². The van der Waals surface area contributed by atoms with E-state index in [1.54, 1.807) is 19.4 Å². The molecule has 0 amide bonds. The lowest BCUT2D eigenvalue weighted by molar-refractivity contribution is 0.318. The third kappa shape index (κ3) is 1750. The molecular formula is C6H17Cl3O3S. The van der Waals surface area contributed by atoms with Crippen LogP contribution in [-0.4, -0.2) is 44.9 Å². The Bertz CT molecular complexity index is 76.8. The van der Waals surface area contributed by atoms with Crippen LogP contribution in [0.1, 0.15) is 6.92 Å². The van der Waals surface area contributed by atoms with Gasteiger partial charge in [0, 0.05) is 37.0 Å². The van der Waals surface area contributed by atoms with Gasteiger partial charge in [-0.2, -0.15) is 0 Å². The second kappa shape index (κ2) is 29.3. The Kier molecular flexibility index (Phi) is 53.2. The van der Waals surface area contributed by atoms with Gasteiger partial charge in [-0.3, -0.25) is 4.21 Å². The van der Waals surface area contributed by atoms with Crippen LogP contribution in [0.5, 0.6) is 0 Å². The Morgan fingerprint density at radius 1 is 1.23 bits per heavy atom. The van der Waals surface area contributed by atoms with E-state index in [9.17, 15) is 4.21 Å². The monoisotopic (exact) mass is 274 g/mol. The van der Waals surface area contributed by atoms with Crippen molar-refractivity contribution in [1.82, 2.24) is 0 Å². The minimum atomic E-state index is -0.750. The molecule has 0 aromatic heterocycles. The number of hydrogen-bond donors (Lipinski definition) is 2. The molecule has 86 valence electrons. The lowest BCUT2D eigenvalue weighted by Crippen LogP contribution is -1.70. The van der Waals surface area contributed by atoms with Crippen molar-refractivity contribution in [3.05, 3.63) is 0 Å². The average molecular weight is 276 g/mol. The fraction of sp³-hybridized carbons (Fsp3) is 1.00. The van der Waals surface area contributed by atoms with Crippen molar-refractivity contribution in [3.63, 3.8) is 0 Å². The maximum atomic E-state index is 9.56. The zero-order valence-electron chi connectivity index (χ0n) is 8.13. The molecule has 0 heterocycles. The summed E-state index contributed by atoms with van der Waals surface area (Å²) >= 11 is 14.4. The van der Waals surface area contributed by atoms with E-state index in [1.807, 2.05) is 0 Å². The molecule has 0 rings (SSSR count). The second-order valence-electron chi connectivity index (χ2n) is 1.31. The lowest BCUT2D eigenvalue weighted by atomic mass is 10.9. The number of halogens is 3. The highest BCUT2D eigenvalue weighted by molar-refractivity contribution is 7.83. The van der Waals surface area contributed by atoms with Crippen molar-refractivity contribution in [2.24, 2.45) is 0 Å². The first-order valence-electron chi connectivity index (χ1n) is 3.11. The normalized spacial score (nSPS) is 7.31. The average Bonchev–Trinajstić information content (AvgIpc) is 1.89. The van der Waals surface area contributed by atoms with Crippen molar-refractivity contribution < 1.29 is 14.4 Å². The number of alkyl halides is 3. The third-order valence-corrected chi connectivity index (χ3v) is 0. The van der Waals surface area contributed by atoms with Crippen LogP contribution in [0, 0.1) is 0 Å². The number of aliphatic hydroxyl groups excluding tert-OH is 2. The van der Waals surface area contributed by atoms with Crippen molar-refractivity contribution in [3.8, 4) is 0 Å². The molecule has 0 aliphatic rings. The van der Waals surface area contributed by atoms with Gasteiger partial charge in [0.1, 0.15) is 0 Å². The van der Waals surface area contributed by atoms with Crippen LogP contribution >= 0.6 is 34.8 Å². The van der Waals surface area contributed by atoms with Gasteiger partial charge < -0.3 is 10.2 Å². The van der Waals surface area contributed by atoms with E-state index >= 15 is 0 Å². The van der Waals surface area contributed by atoms with Gasteiger partial charge in [0.2, 0.25) is 0 Å². The molecule has 3 nitrogen and oxygen atoms in total. The van der Waals surface area contributed by atoms with Gasteiger partial charge in [-0.1, -0.05) is 34.8 Å². The van der Waals surface area contributed by atoms with Crippen molar-refractivity contribution in [1.29, 1.82) is 0 Å². The highest BCUT2D eigenvalue weighted by Crippen LogP contribution is 2.03. The third-order valence-electron chi connectivity index (χ3n) is 0. The van der Waals surface area contributed by atoms with Gasteiger partial charge in [-0.25, -0.2) is 0 Å². The fourth-order valence-electron chi connectivity index (χ4n) is 0. The summed E-state index contributed by atoms with van der Waals surface area (Å²) in [5, 5.41) is 14.6. The topological polar surface area (TPSA) is 57.5 Å². The van der Waals surface area contributed by atoms with Gasteiger partial charge in [0.15, 0.2) is 4.30 Å². The van der Waals surface area contributed by atoms with E-state index in [0.717, 1.165) is 7.11 Å².